The van der Waals surface area contributed by atoms with Crippen LogP contribution in [0.2, 0.25) is 0 Å². The number of pyridine rings is 1. The first kappa shape index (κ1) is 11.3. The lowest BCUT2D eigenvalue weighted by Gasteiger charge is -2.03. The Morgan fingerprint density at radius 2 is 2.33 bits per heavy atom. The molecule has 2 N–H and O–H groups in total. The molecule has 1 rings (SSSR count). The molecule has 1 heterocycles. The van der Waals surface area contributed by atoms with E-state index in [0.717, 1.165) is 5.69 Å². The third kappa shape index (κ3) is 4.87. The molecule has 5 nitrogen and oxygen atoms in total. The maximum atomic E-state index is 11.0. The second-order valence-electron chi connectivity index (χ2n) is 2.90. The highest BCUT2D eigenvalue weighted by molar-refractivity contribution is 5.80. The summed E-state index contributed by atoms with van der Waals surface area (Å²) >= 11 is 0. The van der Waals surface area contributed by atoms with E-state index in [1.54, 1.807) is 6.20 Å². The molecule has 80 valence electrons. The Morgan fingerprint density at radius 1 is 1.47 bits per heavy atom. The van der Waals surface area contributed by atoms with Gasteiger partial charge in [-0.1, -0.05) is 6.07 Å². The van der Waals surface area contributed by atoms with E-state index in [-0.39, 0.29) is 19.0 Å². The van der Waals surface area contributed by atoms with Crippen molar-refractivity contribution < 1.29 is 9.59 Å². The third-order valence-electron chi connectivity index (χ3n) is 1.70. The SMILES string of the molecule is O=CCNC(=O)CNCc1ccccn1. The Kier molecular flexibility index (Phi) is 5.03. The van der Waals surface area contributed by atoms with E-state index < -0.39 is 0 Å². The van der Waals surface area contributed by atoms with Crippen LogP contribution in [0.15, 0.2) is 24.4 Å². The summed E-state index contributed by atoms with van der Waals surface area (Å²) in [6.45, 7) is 0.782. The van der Waals surface area contributed by atoms with Crippen molar-refractivity contribution in [3.05, 3.63) is 30.1 Å². The minimum absolute atomic E-state index is 0.0596. The van der Waals surface area contributed by atoms with Gasteiger partial charge in [0.25, 0.3) is 0 Å². The first-order valence-corrected chi connectivity index (χ1v) is 4.64. The molecule has 0 aliphatic carbocycles. The number of carbonyl (C=O) groups excluding carboxylic acids is 2. The average Bonchev–Trinajstić information content (AvgIpc) is 2.28. The molecular formula is C10H13N3O2. The van der Waals surface area contributed by atoms with E-state index in [0.29, 0.717) is 12.8 Å². The van der Waals surface area contributed by atoms with Gasteiger partial charge in [-0.3, -0.25) is 9.78 Å². The summed E-state index contributed by atoms with van der Waals surface area (Å²) < 4.78 is 0. The van der Waals surface area contributed by atoms with Crippen LogP contribution in [0.3, 0.4) is 0 Å². The largest absolute Gasteiger partial charge is 0.348 e. The zero-order valence-corrected chi connectivity index (χ0v) is 8.27. The summed E-state index contributed by atoms with van der Waals surface area (Å²) in [5, 5.41) is 5.35. The van der Waals surface area contributed by atoms with Crippen LogP contribution in [0, 0.1) is 0 Å². The summed E-state index contributed by atoms with van der Waals surface area (Å²) in [7, 11) is 0. The highest BCUT2D eigenvalue weighted by atomic mass is 16.2. The number of nitrogens with one attached hydrogen (secondary N) is 2. The molecule has 0 aliphatic heterocycles. The number of hydrogen-bond donors (Lipinski definition) is 2. The van der Waals surface area contributed by atoms with Crippen molar-refractivity contribution in [2.24, 2.45) is 0 Å². The molecule has 0 aliphatic rings. The van der Waals surface area contributed by atoms with Gasteiger partial charge < -0.3 is 15.4 Å². The van der Waals surface area contributed by atoms with Crippen molar-refractivity contribution in [3.8, 4) is 0 Å². The molecule has 0 atom stereocenters. The number of carbonyl (C=O) groups is 2. The van der Waals surface area contributed by atoms with Crippen LogP contribution in [0.5, 0.6) is 0 Å². The summed E-state index contributed by atoms with van der Waals surface area (Å²) in [4.78, 5) is 25.1. The Labute approximate surface area is 87.9 Å². The maximum absolute atomic E-state index is 11.0. The monoisotopic (exact) mass is 207 g/mol. The standard InChI is InChI=1S/C10H13N3O2/c14-6-5-13-10(15)8-11-7-9-3-1-2-4-12-9/h1-4,6,11H,5,7-8H2,(H,13,15). The van der Waals surface area contributed by atoms with Crippen molar-refractivity contribution >= 4 is 12.2 Å². The lowest BCUT2D eigenvalue weighted by Crippen LogP contribution is -2.34. The number of aldehydes is 1. The predicted octanol–water partition coefficient (Wildman–Crippen LogP) is -0.514. The van der Waals surface area contributed by atoms with E-state index in [9.17, 15) is 9.59 Å². The molecule has 15 heavy (non-hydrogen) atoms. The topological polar surface area (TPSA) is 71.1 Å². The molecule has 0 bridgehead atoms. The summed E-state index contributed by atoms with van der Waals surface area (Å²) in [5.41, 5.74) is 0.876. The minimum Gasteiger partial charge on any atom is -0.348 e. The van der Waals surface area contributed by atoms with Crippen LogP contribution in [0.25, 0.3) is 0 Å². The smallest absolute Gasteiger partial charge is 0.234 e. The highest BCUT2D eigenvalue weighted by Crippen LogP contribution is 1.90. The maximum Gasteiger partial charge on any atom is 0.234 e. The van der Waals surface area contributed by atoms with Crippen molar-refractivity contribution in [1.82, 2.24) is 15.6 Å². The molecule has 0 saturated carbocycles. The Hall–Kier alpha value is -1.75. The zero-order chi connectivity index (χ0) is 10.9. The zero-order valence-electron chi connectivity index (χ0n) is 8.27. The van der Waals surface area contributed by atoms with E-state index in [4.69, 9.17) is 0 Å². The van der Waals surface area contributed by atoms with Gasteiger partial charge in [-0.05, 0) is 12.1 Å². The molecule has 5 heteroatoms. The van der Waals surface area contributed by atoms with Gasteiger partial charge in [-0.2, -0.15) is 0 Å². The average molecular weight is 207 g/mol. The van der Waals surface area contributed by atoms with E-state index in [1.807, 2.05) is 18.2 Å². The summed E-state index contributed by atoms with van der Waals surface area (Å²) in [6, 6.07) is 5.59. The van der Waals surface area contributed by atoms with Crippen molar-refractivity contribution in [2.75, 3.05) is 13.1 Å². The van der Waals surface area contributed by atoms with Crippen LogP contribution in [0.1, 0.15) is 5.69 Å². The van der Waals surface area contributed by atoms with E-state index >= 15 is 0 Å². The number of aromatic nitrogens is 1. The molecule has 1 aromatic heterocycles. The van der Waals surface area contributed by atoms with E-state index in [2.05, 4.69) is 15.6 Å². The number of rotatable bonds is 6. The van der Waals surface area contributed by atoms with Gasteiger partial charge in [0.2, 0.25) is 5.91 Å². The van der Waals surface area contributed by atoms with Crippen LogP contribution >= 0.6 is 0 Å². The fraction of sp³-hybridized carbons (Fsp3) is 0.300. The van der Waals surface area contributed by atoms with Gasteiger partial charge in [0.15, 0.2) is 0 Å². The fourth-order valence-electron chi connectivity index (χ4n) is 1.02. The first-order chi connectivity index (χ1) is 7.33. The molecule has 0 radical (unpaired) electrons. The number of amides is 1. The van der Waals surface area contributed by atoms with Gasteiger partial charge >= 0.3 is 0 Å². The minimum atomic E-state index is -0.196. The van der Waals surface area contributed by atoms with Gasteiger partial charge in [-0.15, -0.1) is 0 Å². The number of nitrogens with zero attached hydrogens (tertiary/aromatic N) is 1. The molecule has 0 saturated heterocycles. The molecule has 0 spiro atoms. The summed E-state index contributed by atoms with van der Waals surface area (Å²) in [5.74, 6) is -0.196. The van der Waals surface area contributed by atoms with Crippen molar-refractivity contribution in [3.63, 3.8) is 0 Å². The molecular weight excluding hydrogens is 194 g/mol. The molecule has 1 aromatic rings. The molecule has 0 aromatic carbocycles. The van der Waals surface area contributed by atoms with Crippen molar-refractivity contribution in [1.29, 1.82) is 0 Å². The second kappa shape index (κ2) is 6.67. The van der Waals surface area contributed by atoms with Crippen molar-refractivity contribution in [2.45, 2.75) is 6.54 Å². The van der Waals surface area contributed by atoms with Crippen LogP contribution in [-0.2, 0) is 16.1 Å². The Bertz CT molecular complexity index is 314. The molecule has 0 unspecified atom stereocenters. The Morgan fingerprint density at radius 3 is 3.00 bits per heavy atom. The normalized spacial score (nSPS) is 9.60. The third-order valence-corrected chi connectivity index (χ3v) is 1.70. The highest BCUT2D eigenvalue weighted by Gasteiger charge is 1.99. The number of hydrogen-bond acceptors (Lipinski definition) is 4. The molecule has 1 amide bonds. The van der Waals surface area contributed by atoms with Crippen LogP contribution in [0.4, 0.5) is 0 Å². The lowest BCUT2D eigenvalue weighted by atomic mass is 10.3. The predicted molar refractivity (Wildman–Crippen MR) is 55.0 cm³/mol. The van der Waals surface area contributed by atoms with Gasteiger partial charge in [-0.25, -0.2) is 0 Å². The lowest BCUT2D eigenvalue weighted by molar-refractivity contribution is -0.121. The van der Waals surface area contributed by atoms with Crippen LogP contribution in [-0.4, -0.2) is 30.3 Å². The van der Waals surface area contributed by atoms with E-state index in [1.165, 1.54) is 0 Å². The first-order valence-electron chi connectivity index (χ1n) is 4.64. The Balaban J connectivity index is 2.16. The second-order valence-corrected chi connectivity index (χ2v) is 2.90. The van der Waals surface area contributed by atoms with Gasteiger partial charge in [0, 0.05) is 12.7 Å². The quantitative estimate of drug-likeness (QED) is 0.616. The molecule has 0 fully saturated rings. The van der Waals surface area contributed by atoms with Gasteiger partial charge in [0.05, 0.1) is 18.8 Å². The fourth-order valence-corrected chi connectivity index (χ4v) is 1.02. The van der Waals surface area contributed by atoms with Gasteiger partial charge in [0.1, 0.15) is 6.29 Å². The summed E-state index contributed by atoms with van der Waals surface area (Å²) in [6.07, 6.45) is 2.35. The van der Waals surface area contributed by atoms with Crippen LogP contribution < -0.4 is 10.6 Å².